The maximum absolute atomic E-state index is 5.78. The molecule has 2 aromatic carbocycles. The molecule has 0 fully saturated rings. The van der Waals surface area contributed by atoms with Crippen molar-refractivity contribution in [2.75, 3.05) is 48.2 Å². The third kappa shape index (κ3) is 7.85. The summed E-state index contributed by atoms with van der Waals surface area (Å²) in [4.78, 5) is 4.69. The summed E-state index contributed by atoms with van der Waals surface area (Å²) < 4.78 is 27.1. The van der Waals surface area contributed by atoms with E-state index in [1.807, 2.05) is 37.3 Å². The van der Waals surface area contributed by atoms with Gasteiger partial charge in [0.25, 0.3) is 0 Å². The van der Waals surface area contributed by atoms with Crippen molar-refractivity contribution in [3.8, 4) is 23.0 Å². The summed E-state index contributed by atoms with van der Waals surface area (Å²) >= 11 is 0. The number of nitrogens with one attached hydrogen (secondary N) is 2. The zero-order valence-corrected chi connectivity index (χ0v) is 19.7. The number of guanidine groups is 1. The molecule has 0 spiro atoms. The van der Waals surface area contributed by atoms with E-state index in [-0.39, 0.29) is 0 Å². The first-order valence-corrected chi connectivity index (χ1v) is 10.7. The fourth-order valence-electron chi connectivity index (χ4n) is 3.06. The molecule has 0 aliphatic rings. The highest BCUT2D eigenvalue weighted by Gasteiger charge is 2.13. The van der Waals surface area contributed by atoms with Crippen molar-refractivity contribution in [1.29, 1.82) is 0 Å². The number of ether oxygens (including phenoxy) is 5. The Morgan fingerprint density at radius 1 is 0.875 bits per heavy atom. The van der Waals surface area contributed by atoms with Crippen LogP contribution in [-0.2, 0) is 17.8 Å². The van der Waals surface area contributed by atoms with E-state index in [0.717, 1.165) is 29.8 Å². The molecule has 0 heterocycles. The smallest absolute Gasteiger partial charge is 0.203 e. The second kappa shape index (κ2) is 14.0. The van der Waals surface area contributed by atoms with Gasteiger partial charge in [-0.25, -0.2) is 4.99 Å². The van der Waals surface area contributed by atoms with E-state index in [2.05, 4.69) is 16.7 Å². The Morgan fingerprint density at radius 2 is 1.62 bits per heavy atom. The summed E-state index contributed by atoms with van der Waals surface area (Å²) in [5, 5.41) is 6.64. The zero-order valence-electron chi connectivity index (χ0n) is 19.7. The molecule has 0 radical (unpaired) electrons. The number of hydrogen-bond acceptors (Lipinski definition) is 6. The fourth-order valence-corrected chi connectivity index (χ4v) is 3.06. The van der Waals surface area contributed by atoms with Crippen LogP contribution in [0.15, 0.2) is 41.4 Å². The van der Waals surface area contributed by atoms with Crippen LogP contribution in [0, 0.1) is 0 Å². The monoisotopic (exact) mass is 445 g/mol. The lowest BCUT2D eigenvalue weighted by molar-refractivity contribution is 0.172. The molecule has 0 aliphatic heterocycles. The molecule has 2 aromatic rings. The van der Waals surface area contributed by atoms with Crippen LogP contribution in [0.4, 0.5) is 0 Å². The third-order valence-electron chi connectivity index (χ3n) is 4.61. The first-order valence-electron chi connectivity index (χ1n) is 10.7. The van der Waals surface area contributed by atoms with Crippen molar-refractivity contribution in [2.45, 2.75) is 26.4 Å². The van der Waals surface area contributed by atoms with Crippen LogP contribution in [0.5, 0.6) is 23.0 Å². The highest BCUT2D eigenvalue weighted by Crippen LogP contribution is 2.38. The number of methoxy groups -OCH3 is 4. The van der Waals surface area contributed by atoms with Gasteiger partial charge >= 0.3 is 0 Å². The Labute approximate surface area is 190 Å². The van der Waals surface area contributed by atoms with Gasteiger partial charge < -0.3 is 34.3 Å². The number of aliphatic imine (C=N–C) groups is 1. The predicted octanol–water partition coefficient (Wildman–Crippen LogP) is 3.38. The summed E-state index contributed by atoms with van der Waals surface area (Å²) in [5.41, 5.74) is 2.05. The first-order chi connectivity index (χ1) is 15.6. The van der Waals surface area contributed by atoms with Crippen molar-refractivity contribution in [1.82, 2.24) is 10.6 Å². The van der Waals surface area contributed by atoms with Crippen LogP contribution in [0.1, 0.15) is 24.5 Å². The summed E-state index contributed by atoms with van der Waals surface area (Å²) in [6, 6.07) is 11.8. The number of benzene rings is 2. The second-order valence-electron chi connectivity index (χ2n) is 6.92. The third-order valence-corrected chi connectivity index (χ3v) is 4.61. The highest BCUT2D eigenvalue weighted by atomic mass is 16.5. The Morgan fingerprint density at radius 3 is 2.25 bits per heavy atom. The highest BCUT2D eigenvalue weighted by molar-refractivity contribution is 5.79. The van der Waals surface area contributed by atoms with Crippen LogP contribution < -0.4 is 29.6 Å². The molecule has 2 rings (SSSR count). The van der Waals surface area contributed by atoms with Gasteiger partial charge in [-0.2, -0.15) is 0 Å². The van der Waals surface area contributed by atoms with Crippen molar-refractivity contribution in [3.63, 3.8) is 0 Å². The fraction of sp³-hybridized carbons (Fsp3) is 0.458. The normalized spacial score (nSPS) is 11.1. The maximum atomic E-state index is 5.78. The van der Waals surface area contributed by atoms with Gasteiger partial charge in [0.05, 0.1) is 34.5 Å². The molecule has 0 amide bonds. The van der Waals surface area contributed by atoms with Crippen LogP contribution in [0.2, 0.25) is 0 Å². The van der Waals surface area contributed by atoms with E-state index in [0.29, 0.717) is 49.5 Å². The van der Waals surface area contributed by atoms with Crippen molar-refractivity contribution in [2.24, 2.45) is 4.99 Å². The Balaban J connectivity index is 2.03. The molecule has 32 heavy (non-hydrogen) atoms. The number of hydrogen-bond donors (Lipinski definition) is 2. The van der Waals surface area contributed by atoms with Gasteiger partial charge in [-0.15, -0.1) is 0 Å². The van der Waals surface area contributed by atoms with Gasteiger partial charge in [0.2, 0.25) is 5.75 Å². The van der Waals surface area contributed by atoms with Gasteiger partial charge in [0, 0.05) is 33.2 Å². The van der Waals surface area contributed by atoms with Gasteiger partial charge in [-0.1, -0.05) is 12.1 Å². The van der Waals surface area contributed by atoms with E-state index in [1.54, 1.807) is 28.4 Å². The van der Waals surface area contributed by atoms with E-state index >= 15 is 0 Å². The molecule has 0 atom stereocenters. The van der Waals surface area contributed by atoms with E-state index in [4.69, 9.17) is 28.7 Å². The molecule has 0 saturated heterocycles. The Bertz CT molecular complexity index is 832. The summed E-state index contributed by atoms with van der Waals surface area (Å²) in [6.07, 6.45) is 0.858. The predicted molar refractivity (Wildman–Crippen MR) is 126 cm³/mol. The van der Waals surface area contributed by atoms with Crippen molar-refractivity contribution in [3.05, 3.63) is 47.5 Å². The molecule has 0 aliphatic carbocycles. The molecule has 8 nitrogen and oxygen atoms in total. The largest absolute Gasteiger partial charge is 0.493 e. The molecule has 0 aromatic heterocycles. The van der Waals surface area contributed by atoms with E-state index in [1.165, 1.54) is 0 Å². The Hall–Kier alpha value is -3.13. The summed E-state index contributed by atoms with van der Waals surface area (Å²) in [7, 11) is 6.49. The summed E-state index contributed by atoms with van der Waals surface area (Å²) in [6.45, 7) is 5.18. The van der Waals surface area contributed by atoms with Gasteiger partial charge in [-0.3, -0.25) is 0 Å². The molecule has 0 saturated carbocycles. The van der Waals surface area contributed by atoms with Crippen LogP contribution in [-0.4, -0.2) is 54.2 Å². The molecule has 2 N–H and O–H groups in total. The minimum Gasteiger partial charge on any atom is -0.493 e. The number of nitrogens with zero attached hydrogens (tertiary/aromatic N) is 1. The minimum absolute atomic E-state index is 0.453. The van der Waals surface area contributed by atoms with Crippen molar-refractivity contribution < 1.29 is 23.7 Å². The number of rotatable bonds is 13. The summed E-state index contributed by atoms with van der Waals surface area (Å²) in [5.74, 6) is 3.35. The van der Waals surface area contributed by atoms with Crippen LogP contribution in [0.3, 0.4) is 0 Å². The lowest BCUT2D eigenvalue weighted by Gasteiger charge is -2.15. The lowest BCUT2D eigenvalue weighted by Crippen LogP contribution is -2.36. The quantitative estimate of drug-likeness (QED) is 0.278. The van der Waals surface area contributed by atoms with Gasteiger partial charge in [0.1, 0.15) is 5.75 Å². The SMILES string of the molecule is CCNC(=NCc1cc(OC)c(OC)c(OC)c1)NCc1cccc(OCCCOC)c1. The average molecular weight is 446 g/mol. The molecular weight excluding hydrogens is 410 g/mol. The van der Waals surface area contributed by atoms with Gasteiger partial charge in [0.15, 0.2) is 17.5 Å². The zero-order chi connectivity index (χ0) is 23.2. The van der Waals surface area contributed by atoms with E-state index < -0.39 is 0 Å². The molecular formula is C24H35N3O5. The Kier molecular flexibility index (Phi) is 11.0. The van der Waals surface area contributed by atoms with Crippen molar-refractivity contribution >= 4 is 5.96 Å². The molecule has 0 bridgehead atoms. The second-order valence-corrected chi connectivity index (χ2v) is 6.92. The minimum atomic E-state index is 0.453. The average Bonchev–Trinajstić information content (AvgIpc) is 2.83. The first kappa shape index (κ1) is 25.1. The standard InChI is InChI=1S/C24H35N3O5/c1-6-25-24(26-16-18-9-7-10-20(13-18)32-12-8-11-28-2)27-17-19-14-21(29-3)23(31-5)22(15-19)30-4/h7,9-10,13-15H,6,8,11-12,16-17H2,1-5H3,(H2,25,26,27). The van der Waals surface area contributed by atoms with E-state index in [9.17, 15) is 0 Å². The topological polar surface area (TPSA) is 82.6 Å². The molecule has 8 heteroatoms. The maximum Gasteiger partial charge on any atom is 0.203 e. The molecule has 0 unspecified atom stereocenters. The molecule has 176 valence electrons. The lowest BCUT2D eigenvalue weighted by atomic mass is 10.2. The van der Waals surface area contributed by atoms with Crippen LogP contribution in [0.25, 0.3) is 0 Å². The van der Waals surface area contributed by atoms with Crippen LogP contribution >= 0.6 is 0 Å². The van der Waals surface area contributed by atoms with Gasteiger partial charge in [-0.05, 0) is 42.3 Å².